The van der Waals surface area contributed by atoms with Crippen molar-refractivity contribution in [1.82, 2.24) is 0 Å². The number of hydrogen-bond acceptors (Lipinski definition) is 1. The number of carbonyl (C=O) groups excluding carboxylic acids is 1. The van der Waals surface area contributed by atoms with Crippen molar-refractivity contribution in [2.75, 3.05) is 0 Å². The van der Waals surface area contributed by atoms with Crippen LogP contribution in [-0.4, -0.2) is 6.29 Å². The van der Waals surface area contributed by atoms with Crippen molar-refractivity contribution < 1.29 is 4.79 Å². The number of aldehydes is 1. The summed E-state index contributed by atoms with van der Waals surface area (Å²) in [5.41, 5.74) is 0. The summed E-state index contributed by atoms with van der Waals surface area (Å²) < 4.78 is 0. The van der Waals surface area contributed by atoms with E-state index in [2.05, 4.69) is 13.8 Å². The van der Waals surface area contributed by atoms with Gasteiger partial charge in [-0.1, -0.05) is 26.7 Å². The van der Waals surface area contributed by atoms with Crippen LogP contribution in [0.3, 0.4) is 0 Å². The van der Waals surface area contributed by atoms with Crippen LogP contribution < -0.4 is 0 Å². The molecule has 0 aromatic rings. The van der Waals surface area contributed by atoms with E-state index >= 15 is 0 Å². The maximum absolute atomic E-state index is 10.3. The first-order valence-corrected chi connectivity index (χ1v) is 3.80. The monoisotopic (exact) mass is 126 g/mol. The third-order valence-corrected chi connectivity index (χ3v) is 2.50. The molecule has 0 radical (unpaired) electrons. The first-order valence-electron chi connectivity index (χ1n) is 3.80. The average molecular weight is 126 g/mol. The molecule has 3 atom stereocenters. The van der Waals surface area contributed by atoms with Crippen molar-refractivity contribution in [3.8, 4) is 0 Å². The SMILES string of the molecule is CCC1C(C=O)[C@H]1CC. The predicted octanol–water partition coefficient (Wildman–Crippen LogP) is 1.87. The van der Waals surface area contributed by atoms with Gasteiger partial charge in [0.25, 0.3) is 0 Å². The third kappa shape index (κ3) is 1.00. The van der Waals surface area contributed by atoms with Gasteiger partial charge in [-0.15, -0.1) is 0 Å². The number of carbonyl (C=O) groups is 1. The van der Waals surface area contributed by atoms with Gasteiger partial charge in [0.05, 0.1) is 0 Å². The lowest BCUT2D eigenvalue weighted by atomic mass is 10.2. The van der Waals surface area contributed by atoms with Gasteiger partial charge in [0, 0.05) is 5.92 Å². The normalized spacial score (nSPS) is 40.4. The van der Waals surface area contributed by atoms with E-state index in [9.17, 15) is 4.79 Å². The Bertz CT molecular complexity index is 99.1. The smallest absolute Gasteiger partial charge is 0.123 e. The topological polar surface area (TPSA) is 17.1 Å². The fraction of sp³-hybridized carbons (Fsp3) is 0.875. The van der Waals surface area contributed by atoms with Gasteiger partial charge >= 0.3 is 0 Å². The lowest BCUT2D eigenvalue weighted by molar-refractivity contribution is -0.109. The summed E-state index contributed by atoms with van der Waals surface area (Å²) in [6.45, 7) is 4.33. The fourth-order valence-corrected chi connectivity index (χ4v) is 1.83. The van der Waals surface area contributed by atoms with Crippen molar-refractivity contribution in [2.45, 2.75) is 26.7 Å². The second-order valence-electron chi connectivity index (χ2n) is 2.86. The van der Waals surface area contributed by atoms with Crippen molar-refractivity contribution in [2.24, 2.45) is 17.8 Å². The molecule has 1 nitrogen and oxygen atoms in total. The largest absolute Gasteiger partial charge is 0.303 e. The quantitative estimate of drug-likeness (QED) is 0.527. The maximum atomic E-state index is 10.3. The molecular formula is C8H14O. The minimum absolute atomic E-state index is 0.417. The van der Waals surface area contributed by atoms with Gasteiger partial charge in [-0.25, -0.2) is 0 Å². The van der Waals surface area contributed by atoms with E-state index in [-0.39, 0.29) is 0 Å². The molecule has 0 aromatic carbocycles. The van der Waals surface area contributed by atoms with Gasteiger partial charge in [-0.3, -0.25) is 0 Å². The van der Waals surface area contributed by atoms with E-state index in [1.165, 1.54) is 12.8 Å². The molecule has 0 heterocycles. The predicted molar refractivity (Wildman–Crippen MR) is 37.1 cm³/mol. The highest BCUT2D eigenvalue weighted by atomic mass is 16.1. The second kappa shape index (κ2) is 2.51. The van der Waals surface area contributed by atoms with Gasteiger partial charge in [0.1, 0.15) is 6.29 Å². The lowest BCUT2D eigenvalue weighted by Gasteiger charge is -1.84. The van der Waals surface area contributed by atoms with Crippen LogP contribution >= 0.6 is 0 Å². The van der Waals surface area contributed by atoms with E-state index in [0.717, 1.165) is 18.1 Å². The van der Waals surface area contributed by atoms with Crippen LogP contribution in [0, 0.1) is 17.8 Å². The molecule has 0 N–H and O–H groups in total. The minimum Gasteiger partial charge on any atom is -0.303 e. The molecule has 0 aromatic heterocycles. The summed E-state index contributed by atoms with van der Waals surface area (Å²) in [4.78, 5) is 10.3. The molecule has 0 spiro atoms. The van der Waals surface area contributed by atoms with E-state index in [1.807, 2.05) is 0 Å². The van der Waals surface area contributed by atoms with Crippen LogP contribution in [0.15, 0.2) is 0 Å². The molecular weight excluding hydrogens is 112 g/mol. The van der Waals surface area contributed by atoms with Gasteiger partial charge < -0.3 is 4.79 Å². The van der Waals surface area contributed by atoms with Crippen LogP contribution in [-0.2, 0) is 4.79 Å². The Morgan fingerprint density at radius 3 is 1.78 bits per heavy atom. The maximum Gasteiger partial charge on any atom is 0.123 e. The Balaban J connectivity index is 2.34. The molecule has 1 fully saturated rings. The Labute approximate surface area is 56.4 Å². The summed E-state index contributed by atoms with van der Waals surface area (Å²) in [5, 5.41) is 0. The standard InChI is InChI=1S/C8H14O/c1-3-6-7(4-2)8(6)5-9/h5-8H,3-4H2,1-2H3/t6-,7?,8?/m0/s1. The molecule has 1 rings (SSSR count). The zero-order chi connectivity index (χ0) is 6.85. The van der Waals surface area contributed by atoms with Gasteiger partial charge in [0.2, 0.25) is 0 Å². The third-order valence-electron chi connectivity index (χ3n) is 2.50. The van der Waals surface area contributed by atoms with Crippen LogP contribution in [0.2, 0.25) is 0 Å². The lowest BCUT2D eigenvalue weighted by Crippen LogP contribution is -1.79. The van der Waals surface area contributed by atoms with E-state index in [0.29, 0.717) is 5.92 Å². The van der Waals surface area contributed by atoms with E-state index < -0.39 is 0 Å². The van der Waals surface area contributed by atoms with E-state index in [4.69, 9.17) is 0 Å². The molecule has 0 bridgehead atoms. The molecule has 1 saturated carbocycles. The highest BCUT2D eigenvalue weighted by Gasteiger charge is 2.46. The Hall–Kier alpha value is -0.330. The molecule has 0 saturated heterocycles. The first-order chi connectivity index (χ1) is 4.35. The molecule has 1 heteroatoms. The Kier molecular flexibility index (Phi) is 1.89. The summed E-state index contributed by atoms with van der Waals surface area (Å²) >= 11 is 0. The zero-order valence-electron chi connectivity index (χ0n) is 6.13. The van der Waals surface area contributed by atoms with E-state index in [1.54, 1.807) is 0 Å². The fourth-order valence-electron chi connectivity index (χ4n) is 1.83. The van der Waals surface area contributed by atoms with Crippen LogP contribution in [0.25, 0.3) is 0 Å². The molecule has 0 aliphatic heterocycles. The molecule has 1 aliphatic rings. The highest BCUT2D eigenvalue weighted by Crippen LogP contribution is 2.48. The Morgan fingerprint density at radius 2 is 1.67 bits per heavy atom. The summed E-state index contributed by atoms with van der Waals surface area (Å²) in [5.74, 6) is 1.87. The molecule has 9 heavy (non-hydrogen) atoms. The minimum atomic E-state index is 0.417. The molecule has 52 valence electrons. The van der Waals surface area contributed by atoms with Crippen molar-refractivity contribution >= 4 is 6.29 Å². The van der Waals surface area contributed by atoms with Gasteiger partial charge in [0.15, 0.2) is 0 Å². The Morgan fingerprint density at radius 1 is 1.22 bits per heavy atom. The van der Waals surface area contributed by atoms with Crippen molar-refractivity contribution in [3.63, 3.8) is 0 Å². The molecule has 2 unspecified atom stereocenters. The average Bonchev–Trinajstić information content (AvgIpc) is 2.59. The zero-order valence-corrected chi connectivity index (χ0v) is 6.13. The highest BCUT2D eigenvalue weighted by molar-refractivity contribution is 5.59. The van der Waals surface area contributed by atoms with Crippen LogP contribution in [0.5, 0.6) is 0 Å². The van der Waals surface area contributed by atoms with Gasteiger partial charge in [-0.2, -0.15) is 0 Å². The number of rotatable bonds is 3. The van der Waals surface area contributed by atoms with Crippen LogP contribution in [0.1, 0.15) is 26.7 Å². The molecule has 1 aliphatic carbocycles. The first kappa shape index (κ1) is 6.79. The summed E-state index contributed by atoms with van der Waals surface area (Å²) in [7, 11) is 0. The van der Waals surface area contributed by atoms with Crippen molar-refractivity contribution in [1.29, 1.82) is 0 Å². The van der Waals surface area contributed by atoms with Crippen LogP contribution in [0.4, 0.5) is 0 Å². The number of hydrogen-bond donors (Lipinski definition) is 0. The van der Waals surface area contributed by atoms with Crippen molar-refractivity contribution in [3.05, 3.63) is 0 Å². The second-order valence-corrected chi connectivity index (χ2v) is 2.86. The van der Waals surface area contributed by atoms with Gasteiger partial charge in [-0.05, 0) is 11.8 Å². The summed E-state index contributed by atoms with van der Waals surface area (Å²) in [6, 6.07) is 0. The molecule has 0 amide bonds. The summed E-state index contributed by atoms with van der Waals surface area (Å²) in [6.07, 6.45) is 3.49.